The van der Waals surface area contributed by atoms with E-state index in [-0.39, 0.29) is 24.9 Å². The van der Waals surface area contributed by atoms with E-state index < -0.39 is 0 Å². The van der Waals surface area contributed by atoms with E-state index in [4.69, 9.17) is 4.42 Å². The molecule has 7 nitrogen and oxygen atoms in total. The topological polar surface area (TPSA) is 72.8 Å². The van der Waals surface area contributed by atoms with Crippen molar-refractivity contribution in [3.8, 4) is 0 Å². The molecule has 0 atom stereocenters. The summed E-state index contributed by atoms with van der Waals surface area (Å²) in [7, 11) is 4.00. The summed E-state index contributed by atoms with van der Waals surface area (Å²) in [6, 6.07) is 20.0. The second kappa shape index (κ2) is 11.0. The van der Waals surface area contributed by atoms with Crippen molar-refractivity contribution in [1.82, 2.24) is 14.8 Å². The third kappa shape index (κ3) is 6.12. The van der Waals surface area contributed by atoms with Gasteiger partial charge in [-0.1, -0.05) is 30.3 Å². The average Bonchev–Trinajstić information content (AvgIpc) is 3.51. The van der Waals surface area contributed by atoms with Gasteiger partial charge in [0.05, 0.1) is 12.8 Å². The second-order valence-electron chi connectivity index (χ2n) is 8.94. The van der Waals surface area contributed by atoms with Crippen molar-refractivity contribution < 1.29 is 14.0 Å². The average molecular weight is 473 g/mol. The van der Waals surface area contributed by atoms with E-state index >= 15 is 0 Å². The number of para-hydroxylation sites is 1. The molecule has 0 unspecified atom stereocenters. The van der Waals surface area contributed by atoms with Gasteiger partial charge in [-0.3, -0.25) is 9.59 Å². The number of furan rings is 1. The molecular formula is C28H32N4O3. The summed E-state index contributed by atoms with van der Waals surface area (Å²) in [6.45, 7) is 2.76. The van der Waals surface area contributed by atoms with Crippen LogP contribution in [0.2, 0.25) is 0 Å². The van der Waals surface area contributed by atoms with Crippen LogP contribution in [0, 0.1) is 0 Å². The third-order valence-corrected chi connectivity index (χ3v) is 6.20. The maximum absolute atomic E-state index is 13.5. The predicted molar refractivity (Wildman–Crippen MR) is 138 cm³/mol. The van der Waals surface area contributed by atoms with Gasteiger partial charge < -0.3 is 24.1 Å². The zero-order valence-corrected chi connectivity index (χ0v) is 20.5. The zero-order valence-electron chi connectivity index (χ0n) is 20.5. The maximum atomic E-state index is 13.5. The van der Waals surface area contributed by atoms with E-state index in [9.17, 15) is 9.59 Å². The van der Waals surface area contributed by atoms with Gasteiger partial charge in [-0.2, -0.15) is 0 Å². The minimum Gasteiger partial charge on any atom is -0.467 e. The number of nitrogens with zero attached hydrogens (tertiary/aromatic N) is 3. The Bertz CT molecular complexity index is 1260. The van der Waals surface area contributed by atoms with Crippen molar-refractivity contribution in [3.05, 3.63) is 90.0 Å². The Hall–Kier alpha value is -4.00. The predicted octanol–water partition coefficient (Wildman–Crippen LogP) is 4.45. The molecular weight excluding hydrogens is 440 g/mol. The lowest BCUT2D eigenvalue weighted by Gasteiger charge is -2.27. The number of carbonyl (C=O) groups is 2. The van der Waals surface area contributed by atoms with Gasteiger partial charge in [0.15, 0.2) is 0 Å². The van der Waals surface area contributed by atoms with Gasteiger partial charge in [0.1, 0.15) is 12.3 Å². The second-order valence-corrected chi connectivity index (χ2v) is 8.94. The summed E-state index contributed by atoms with van der Waals surface area (Å²) < 4.78 is 5.39. The standard InChI is InChI=1S/C28H32N4O3/c1-21(33)32(19-25-7-6-16-35-25)20-28(34)31(18-22-10-12-24(13-11-22)30(2)3)15-14-23-17-29-27-9-5-4-8-26(23)27/h4-13,16-17,29H,14-15,18-20H2,1-3H3. The van der Waals surface area contributed by atoms with Gasteiger partial charge >= 0.3 is 0 Å². The van der Waals surface area contributed by atoms with Crippen LogP contribution in [0.15, 0.2) is 77.5 Å². The highest BCUT2D eigenvalue weighted by molar-refractivity contribution is 5.85. The molecule has 2 heterocycles. The number of H-pyrrole nitrogens is 1. The molecule has 2 aromatic carbocycles. The number of aromatic nitrogens is 1. The molecule has 0 aliphatic rings. The van der Waals surface area contributed by atoms with Crippen LogP contribution in [0.3, 0.4) is 0 Å². The molecule has 0 bridgehead atoms. The highest BCUT2D eigenvalue weighted by Gasteiger charge is 2.21. The van der Waals surface area contributed by atoms with Gasteiger partial charge in [-0.15, -0.1) is 0 Å². The molecule has 0 spiro atoms. The molecule has 0 fully saturated rings. The number of aromatic amines is 1. The molecule has 4 rings (SSSR count). The van der Waals surface area contributed by atoms with Crippen molar-refractivity contribution >= 4 is 28.4 Å². The molecule has 35 heavy (non-hydrogen) atoms. The van der Waals surface area contributed by atoms with Gasteiger partial charge in [0.2, 0.25) is 11.8 Å². The number of carbonyl (C=O) groups excluding carboxylic acids is 2. The van der Waals surface area contributed by atoms with Gasteiger partial charge in [0, 0.05) is 56.9 Å². The number of benzene rings is 2. The third-order valence-electron chi connectivity index (χ3n) is 6.20. The van der Waals surface area contributed by atoms with Crippen LogP contribution in [0.1, 0.15) is 23.8 Å². The Morgan fingerprint density at radius 1 is 0.914 bits per heavy atom. The summed E-state index contributed by atoms with van der Waals surface area (Å²) in [6.07, 6.45) is 4.29. The number of fused-ring (bicyclic) bond motifs is 1. The molecule has 1 N–H and O–H groups in total. The van der Waals surface area contributed by atoms with E-state index in [1.807, 2.05) is 66.5 Å². The summed E-state index contributed by atoms with van der Waals surface area (Å²) >= 11 is 0. The first-order valence-corrected chi connectivity index (χ1v) is 11.8. The Labute approximate surface area is 205 Å². The van der Waals surface area contributed by atoms with Crippen LogP contribution < -0.4 is 4.90 Å². The zero-order chi connectivity index (χ0) is 24.8. The van der Waals surface area contributed by atoms with Gasteiger partial charge in [-0.05, 0) is 47.9 Å². The Morgan fingerprint density at radius 3 is 2.37 bits per heavy atom. The Balaban J connectivity index is 1.51. The molecule has 182 valence electrons. The molecule has 0 saturated carbocycles. The van der Waals surface area contributed by atoms with Crippen LogP contribution >= 0.6 is 0 Å². The number of amides is 2. The molecule has 2 aromatic heterocycles. The van der Waals surface area contributed by atoms with Gasteiger partial charge in [0.25, 0.3) is 0 Å². The number of anilines is 1. The Morgan fingerprint density at radius 2 is 1.69 bits per heavy atom. The molecule has 2 amide bonds. The van der Waals surface area contributed by atoms with E-state index in [0.29, 0.717) is 25.3 Å². The monoisotopic (exact) mass is 472 g/mol. The molecule has 7 heteroatoms. The summed E-state index contributed by atoms with van der Waals surface area (Å²) in [5, 5.41) is 1.17. The van der Waals surface area contributed by atoms with E-state index in [1.54, 1.807) is 12.3 Å². The lowest BCUT2D eigenvalue weighted by atomic mass is 10.1. The highest BCUT2D eigenvalue weighted by atomic mass is 16.3. The lowest BCUT2D eigenvalue weighted by Crippen LogP contribution is -2.42. The van der Waals surface area contributed by atoms with Crippen molar-refractivity contribution in [3.63, 3.8) is 0 Å². The first-order chi connectivity index (χ1) is 16.9. The van der Waals surface area contributed by atoms with Crippen molar-refractivity contribution in [2.75, 3.05) is 32.1 Å². The molecule has 0 saturated heterocycles. The SMILES string of the molecule is CC(=O)N(CC(=O)N(CCc1c[nH]c2ccccc12)Cc1ccc(N(C)C)cc1)Cc1ccco1. The van der Waals surface area contributed by atoms with Crippen molar-refractivity contribution in [1.29, 1.82) is 0 Å². The minimum atomic E-state index is -0.165. The van der Waals surface area contributed by atoms with Crippen LogP contribution in [-0.4, -0.2) is 53.8 Å². The molecule has 0 aliphatic carbocycles. The fourth-order valence-electron chi connectivity index (χ4n) is 4.14. The van der Waals surface area contributed by atoms with Crippen LogP contribution in [0.4, 0.5) is 5.69 Å². The largest absolute Gasteiger partial charge is 0.467 e. The molecule has 4 aromatic rings. The van der Waals surface area contributed by atoms with Crippen molar-refractivity contribution in [2.45, 2.75) is 26.4 Å². The van der Waals surface area contributed by atoms with Gasteiger partial charge in [-0.25, -0.2) is 0 Å². The van der Waals surface area contributed by atoms with Crippen LogP contribution in [0.5, 0.6) is 0 Å². The van der Waals surface area contributed by atoms with E-state index in [1.165, 1.54) is 22.8 Å². The lowest BCUT2D eigenvalue weighted by molar-refractivity contribution is -0.140. The van der Waals surface area contributed by atoms with Crippen LogP contribution in [0.25, 0.3) is 10.9 Å². The summed E-state index contributed by atoms with van der Waals surface area (Å²) in [5.41, 5.74) is 4.40. The molecule has 0 aliphatic heterocycles. The first kappa shape index (κ1) is 24.1. The smallest absolute Gasteiger partial charge is 0.242 e. The number of nitrogens with one attached hydrogen (secondary N) is 1. The summed E-state index contributed by atoms with van der Waals surface area (Å²) in [5.74, 6) is 0.391. The number of rotatable bonds is 10. The maximum Gasteiger partial charge on any atom is 0.242 e. The first-order valence-electron chi connectivity index (χ1n) is 11.8. The highest BCUT2D eigenvalue weighted by Crippen LogP contribution is 2.20. The van der Waals surface area contributed by atoms with Crippen molar-refractivity contribution in [2.24, 2.45) is 0 Å². The van der Waals surface area contributed by atoms with E-state index in [0.717, 1.165) is 16.8 Å². The Kier molecular flexibility index (Phi) is 7.55. The number of hydrogen-bond acceptors (Lipinski definition) is 4. The minimum absolute atomic E-state index is 0.000298. The summed E-state index contributed by atoms with van der Waals surface area (Å²) in [4.78, 5) is 34.5. The number of hydrogen-bond donors (Lipinski definition) is 1. The van der Waals surface area contributed by atoms with Crippen LogP contribution in [-0.2, 0) is 29.1 Å². The normalized spacial score (nSPS) is 10.9. The van der Waals surface area contributed by atoms with E-state index in [2.05, 4.69) is 23.2 Å². The molecule has 0 radical (unpaired) electrons. The fourth-order valence-corrected chi connectivity index (χ4v) is 4.14. The quantitative estimate of drug-likeness (QED) is 0.370. The fraction of sp³-hybridized carbons (Fsp3) is 0.286.